The van der Waals surface area contributed by atoms with Gasteiger partial charge in [-0.2, -0.15) is 0 Å². The molecule has 18 heavy (non-hydrogen) atoms. The van der Waals surface area contributed by atoms with Crippen molar-refractivity contribution in [1.29, 1.82) is 0 Å². The highest BCUT2D eigenvalue weighted by Crippen LogP contribution is 2.23. The van der Waals surface area contributed by atoms with Gasteiger partial charge in [0.25, 0.3) is 5.91 Å². The summed E-state index contributed by atoms with van der Waals surface area (Å²) in [5.41, 5.74) is 6.73. The molecule has 1 aromatic rings. The number of amides is 1. The third kappa shape index (κ3) is 3.13. The minimum Gasteiger partial charge on any atom is -0.492 e. The zero-order valence-electron chi connectivity index (χ0n) is 11.0. The summed E-state index contributed by atoms with van der Waals surface area (Å²) < 4.78 is 5.31. The van der Waals surface area contributed by atoms with Crippen LogP contribution in [0.25, 0.3) is 0 Å². The minimum absolute atomic E-state index is 0.0747. The van der Waals surface area contributed by atoms with Gasteiger partial charge in [0.2, 0.25) is 0 Å². The molecular formula is C13H20N2O3. The molecule has 0 saturated heterocycles. The summed E-state index contributed by atoms with van der Waals surface area (Å²) in [6, 6.07) is 4.71. The Morgan fingerprint density at radius 3 is 2.72 bits per heavy atom. The van der Waals surface area contributed by atoms with Crippen molar-refractivity contribution in [2.75, 3.05) is 26.0 Å². The van der Waals surface area contributed by atoms with Crippen molar-refractivity contribution in [1.82, 2.24) is 4.90 Å². The highest BCUT2D eigenvalue weighted by Gasteiger charge is 2.17. The molecule has 0 heterocycles. The van der Waals surface area contributed by atoms with Gasteiger partial charge < -0.3 is 20.5 Å². The average Bonchev–Trinajstić information content (AvgIpc) is 2.38. The number of aliphatic hydroxyl groups excluding tert-OH is 1. The van der Waals surface area contributed by atoms with Gasteiger partial charge in [-0.15, -0.1) is 0 Å². The van der Waals surface area contributed by atoms with E-state index in [1.807, 2.05) is 6.92 Å². The molecule has 1 rings (SSSR count). The molecule has 1 unspecified atom stereocenters. The van der Waals surface area contributed by atoms with Crippen molar-refractivity contribution in [3.63, 3.8) is 0 Å². The Labute approximate surface area is 107 Å². The molecule has 1 aromatic carbocycles. The van der Waals surface area contributed by atoms with Gasteiger partial charge in [0.1, 0.15) is 5.75 Å². The molecular weight excluding hydrogens is 232 g/mol. The molecule has 3 N–H and O–H groups in total. The molecule has 1 atom stereocenters. The van der Waals surface area contributed by atoms with Crippen molar-refractivity contribution in [2.45, 2.75) is 19.9 Å². The van der Waals surface area contributed by atoms with Crippen LogP contribution < -0.4 is 10.5 Å². The summed E-state index contributed by atoms with van der Waals surface area (Å²) in [7, 11) is 1.65. The fraction of sp³-hybridized carbons (Fsp3) is 0.462. The van der Waals surface area contributed by atoms with Crippen LogP contribution in [0.5, 0.6) is 5.75 Å². The fourth-order valence-electron chi connectivity index (χ4n) is 1.49. The Bertz CT molecular complexity index is 421. The summed E-state index contributed by atoms with van der Waals surface area (Å²) in [5.74, 6) is 0.401. The van der Waals surface area contributed by atoms with E-state index in [2.05, 4.69) is 0 Å². The number of hydrogen-bond acceptors (Lipinski definition) is 4. The molecule has 100 valence electrons. The lowest BCUT2D eigenvalue weighted by atomic mass is 10.1. The number of aliphatic hydroxyl groups is 1. The van der Waals surface area contributed by atoms with Gasteiger partial charge in [-0.3, -0.25) is 4.79 Å². The lowest BCUT2D eigenvalue weighted by Gasteiger charge is -2.23. The van der Waals surface area contributed by atoms with Crippen molar-refractivity contribution >= 4 is 11.6 Å². The molecule has 0 aliphatic rings. The predicted octanol–water partition coefficient (Wildman–Crippen LogP) is 1.12. The molecule has 1 amide bonds. The number of anilines is 1. The highest BCUT2D eigenvalue weighted by molar-refractivity contribution is 5.95. The Kier molecular flexibility index (Phi) is 4.97. The van der Waals surface area contributed by atoms with E-state index in [1.165, 1.54) is 4.90 Å². The minimum atomic E-state index is -0.231. The molecule has 0 aliphatic heterocycles. The lowest BCUT2D eigenvalue weighted by Crippen LogP contribution is -2.37. The molecule has 0 fully saturated rings. The lowest BCUT2D eigenvalue weighted by molar-refractivity contribution is 0.0682. The number of nitrogen functional groups attached to an aromatic ring is 1. The Morgan fingerprint density at radius 1 is 1.56 bits per heavy atom. The molecule has 0 radical (unpaired) electrons. The van der Waals surface area contributed by atoms with Crippen LogP contribution in [0, 0.1) is 0 Å². The van der Waals surface area contributed by atoms with Crippen LogP contribution >= 0.6 is 0 Å². The smallest absolute Gasteiger partial charge is 0.253 e. The van der Waals surface area contributed by atoms with Gasteiger partial charge in [0, 0.05) is 12.6 Å². The van der Waals surface area contributed by atoms with E-state index < -0.39 is 0 Å². The summed E-state index contributed by atoms with van der Waals surface area (Å²) in [4.78, 5) is 13.6. The molecule has 0 aliphatic carbocycles. The molecule has 5 heteroatoms. The molecule has 5 nitrogen and oxygen atoms in total. The van der Waals surface area contributed by atoms with Crippen LogP contribution in [0.2, 0.25) is 0 Å². The van der Waals surface area contributed by atoms with Gasteiger partial charge in [0.05, 0.1) is 24.9 Å². The number of rotatable bonds is 5. The van der Waals surface area contributed by atoms with Crippen molar-refractivity contribution in [3.05, 3.63) is 23.8 Å². The largest absolute Gasteiger partial charge is 0.492 e. The predicted molar refractivity (Wildman–Crippen MR) is 70.7 cm³/mol. The number of carbonyl (C=O) groups is 1. The van der Waals surface area contributed by atoms with E-state index in [0.29, 0.717) is 23.6 Å². The van der Waals surface area contributed by atoms with E-state index in [1.54, 1.807) is 32.2 Å². The summed E-state index contributed by atoms with van der Waals surface area (Å²) >= 11 is 0. The Balaban J connectivity index is 2.90. The monoisotopic (exact) mass is 252 g/mol. The first kappa shape index (κ1) is 14.3. The van der Waals surface area contributed by atoms with Crippen molar-refractivity contribution in [2.24, 2.45) is 0 Å². The molecule has 0 aromatic heterocycles. The number of hydrogen-bond donors (Lipinski definition) is 2. The molecule has 0 spiro atoms. The second-order valence-corrected chi connectivity index (χ2v) is 4.13. The summed E-state index contributed by atoms with van der Waals surface area (Å²) in [6.07, 6.45) is 0. The third-order valence-corrected chi connectivity index (χ3v) is 2.80. The zero-order chi connectivity index (χ0) is 13.7. The first-order chi connectivity index (χ1) is 8.51. The van der Waals surface area contributed by atoms with Gasteiger partial charge in [-0.1, -0.05) is 0 Å². The number of nitrogens with zero attached hydrogens (tertiary/aromatic N) is 1. The maximum Gasteiger partial charge on any atom is 0.253 e. The Morgan fingerprint density at radius 2 is 2.22 bits per heavy atom. The van der Waals surface area contributed by atoms with Gasteiger partial charge in [-0.25, -0.2) is 0 Å². The third-order valence-electron chi connectivity index (χ3n) is 2.80. The normalized spacial score (nSPS) is 12.0. The summed E-state index contributed by atoms with van der Waals surface area (Å²) in [6.45, 7) is 4.10. The number of carbonyl (C=O) groups excluding carboxylic acids is 1. The first-order valence-electron chi connectivity index (χ1n) is 5.91. The van der Waals surface area contributed by atoms with Crippen LogP contribution in [0.15, 0.2) is 18.2 Å². The SMILES string of the molecule is CCOc1ccc(C(=O)N(C)C(C)CO)cc1N. The maximum absolute atomic E-state index is 12.1. The van der Waals surface area contributed by atoms with Gasteiger partial charge in [0.15, 0.2) is 0 Å². The van der Waals surface area contributed by atoms with Crippen LogP contribution in [-0.4, -0.2) is 42.2 Å². The zero-order valence-corrected chi connectivity index (χ0v) is 11.0. The van der Waals surface area contributed by atoms with Crippen LogP contribution in [-0.2, 0) is 0 Å². The quantitative estimate of drug-likeness (QED) is 0.770. The highest BCUT2D eigenvalue weighted by atomic mass is 16.5. The standard InChI is InChI=1S/C13H20N2O3/c1-4-18-12-6-5-10(7-11(12)14)13(17)15(3)9(2)8-16/h5-7,9,16H,4,8,14H2,1-3H3. The van der Waals surface area contributed by atoms with Crippen LogP contribution in [0.1, 0.15) is 24.2 Å². The number of benzene rings is 1. The van der Waals surface area contributed by atoms with E-state index in [0.717, 1.165) is 0 Å². The number of likely N-dealkylation sites (N-methyl/N-ethyl adjacent to an activating group) is 1. The molecule has 0 bridgehead atoms. The van der Waals surface area contributed by atoms with Crippen LogP contribution in [0.3, 0.4) is 0 Å². The second-order valence-electron chi connectivity index (χ2n) is 4.13. The summed E-state index contributed by atoms with van der Waals surface area (Å²) in [5, 5.41) is 9.03. The van der Waals surface area contributed by atoms with E-state index in [9.17, 15) is 4.79 Å². The Hall–Kier alpha value is -1.75. The van der Waals surface area contributed by atoms with Crippen molar-refractivity contribution in [3.8, 4) is 5.75 Å². The first-order valence-corrected chi connectivity index (χ1v) is 5.91. The van der Waals surface area contributed by atoms with E-state index in [-0.39, 0.29) is 18.6 Å². The number of nitrogens with two attached hydrogens (primary N) is 1. The van der Waals surface area contributed by atoms with Crippen molar-refractivity contribution < 1.29 is 14.6 Å². The van der Waals surface area contributed by atoms with Gasteiger partial charge >= 0.3 is 0 Å². The average molecular weight is 252 g/mol. The second kappa shape index (κ2) is 6.26. The van der Waals surface area contributed by atoms with E-state index in [4.69, 9.17) is 15.6 Å². The fourth-order valence-corrected chi connectivity index (χ4v) is 1.49. The van der Waals surface area contributed by atoms with Gasteiger partial charge in [-0.05, 0) is 32.0 Å². The number of ether oxygens (including phenoxy) is 1. The molecule has 0 saturated carbocycles. The van der Waals surface area contributed by atoms with E-state index >= 15 is 0 Å². The maximum atomic E-state index is 12.1. The van der Waals surface area contributed by atoms with Crippen LogP contribution in [0.4, 0.5) is 5.69 Å². The topological polar surface area (TPSA) is 75.8 Å².